The Kier molecular flexibility index (Phi) is 4.69. The summed E-state index contributed by atoms with van der Waals surface area (Å²) in [6.45, 7) is 0.813. The van der Waals surface area contributed by atoms with Gasteiger partial charge in [0.15, 0.2) is 0 Å². The molecule has 1 aromatic rings. The van der Waals surface area contributed by atoms with Crippen molar-refractivity contribution in [1.29, 1.82) is 0 Å². The van der Waals surface area contributed by atoms with Crippen LogP contribution in [0.1, 0.15) is 11.5 Å². The molecule has 1 aromatic carbocycles. The summed E-state index contributed by atoms with van der Waals surface area (Å²) in [5, 5.41) is 13.2. The van der Waals surface area contributed by atoms with E-state index in [1.54, 1.807) is 12.1 Å². The standard InChI is InChI=1S/C10H13Cl2NO/c1-13-5-8(6-14)7-2-3-9(11)10(12)4-7/h2-4,8,13-14H,5-6H2,1H3. The van der Waals surface area contributed by atoms with Crippen LogP contribution in [0.5, 0.6) is 0 Å². The summed E-state index contributed by atoms with van der Waals surface area (Å²) >= 11 is 11.7. The van der Waals surface area contributed by atoms with E-state index < -0.39 is 0 Å². The first-order chi connectivity index (χ1) is 6.69. The number of halogens is 2. The Morgan fingerprint density at radius 1 is 1.36 bits per heavy atom. The average molecular weight is 234 g/mol. The normalized spacial score (nSPS) is 12.9. The summed E-state index contributed by atoms with van der Waals surface area (Å²) < 4.78 is 0. The quantitative estimate of drug-likeness (QED) is 0.837. The van der Waals surface area contributed by atoms with Crippen LogP contribution in [0.4, 0.5) is 0 Å². The van der Waals surface area contributed by atoms with E-state index in [2.05, 4.69) is 5.32 Å². The molecule has 0 aliphatic carbocycles. The zero-order valence-corrected chi connectivity index (χ0v) is 9.44. The lowest BCUT2D eigenvalue weighted by molar-refractivity contribution is 0.263. The predicted octanol–water partition coefficient (Wildman–Crippen LogP) is 2.29. The van der Waals surface area contributed by atoms with Crippen molar-refractivity contribution in [2.75, 3.05) is 20.2 Å². The van der Waals surface area contributed by atoms with Gasteiger partial charge in [-0.2, -0.15) is 0 Å². The van der Waals surface area contributed by atoms with Crippen molar-refractivity contribution in [2.24, 2.45) is 0 Å². The summed E-state index contributed by atoms with van der Waals surface area (Å²) in [6, 6.07) is 5.42. The fourth-order valence-corrected chi connectivity index (χ4v) is 1.61. The van der Waals surface area contributed by atoms with Gasteiger partial charge in [-0.3, -0.25) is 0 Å². The molecule has 0 amide bonds. The van der Waals surface area contributed by atoms with Gasteiger partial charge in [-0.05, 0) is 24.7 Å². The summed E-state index contributed by atoms with van der Waals surface area (Å²) in [7, 11) is 1.85. The van der Waals surface area contributed by atoms with Gasteiger partial charge in [-0.1, -0.05) is 29.3 Å². The van der Waals surface area contributed by atoms with Crippen LogP contribution in [0.2, 0.25) is 10.0 Å². The van der Waals surface area contributed by atoms with Crippen molar-refractivity contribution < 1.29 is 5.11 Å². The maximum absolute atomic E-state index is 9.15. The first-order valence-corrected chi connectivity index (χ1v) is 5.15. The molecule has 0 fully saturated rings. The molecule has 0 heterocycles. The number of likely N-dealkylation sites (N-methyl/N-ethyl adjacent to an activating group) is 1. The third-order valence-electron chi connectivity index (χ3n) is 2.09. The van der Waals surface area contributed by atoms with Crippen LogP contribution in [0.15, 0.2) is 18.2 Å². The number of aliphatic hydroxyl groups excluding tert-OH is 1. The monoisotopic (exact) mass is 233 g/mol. The van der Waals surface area contributed by atoms with Gasteiger partial charge < -0.3 is 10.4 Å². The van der Waals surface area contributed by atoms with Crippen LogP contribution < -0.4 is 5.32 Å². The zero-order chi connectivity index (χ0) is 10.6. The van der Waals surface area contributed by atoms with E-state index in [1.807, 2.05) is 13.1 Å². The molecule has 1 atom stereocenters. The maximum atomic E-state index is 9.15. The van der Waals surface area contributed by atoms with Crippen molar-refractivity contribution in [3.63, 3.8) is 0 Å². The van der Waals surface area contributed by atoms with E-state index in [0.717, 1.165) is 5.56 Å². The van der Waals surface area contributed by atoms with Crippen LogP contribution in [0.25, 0.3) is 0 Å². The topological polar surface area (TPSA) is 32.3 Å². The molecule has 2 N–H and O–H groups in total. The molecule has 14 heavy (non-hydrogen) atoms. The molecular formula is C10H13Cl2NO. The van der Waals surface area contributed by atoms with E-state index >= 15 is 0 Å². The molecule has 0 radical (unpaired) electrons. The van der Waals surface area contributed by atoms with Crippen LogP contribution in [0, 0.1) is 0 Å². The number of nitrogens with one attached hydrogen (secondary N) is 1. The predicted molar refractivity (Wildman–Crippen MR) is 60.2 cm³/mol. The molecular weight excluding hydrogens is 221 g/mol. The van der Waals surface area contributed by atoms with Crippen LogP contribution in [-0.2, 0) is 0 Å². The Labute approximate surface area is 93.8 Å². The Bertz CT molecular complexity index is 304. The third-order valence-corrected chi connectivity index (χ3v) is 2.83. The van der Waals surface area contributed by atoms with Gasteiger partial charge in [0.1, 0.15) is 0 Å². The molecule has 0 spiro atoms. The fourth-order valence-electron chi connectivity index (χ4n) is 1.30. The van der Waals surface area contributed by atoms with Crippen molar-refractivity contribution in [3.8, 4) is 0 Å². The highest BCUT2D eigenvalue weighted by atomic mass is 35.5. The average Bonchev–Trinajstić information content (AvgIpc) is 2.19. The minimum Gasteiger partial charge on any atom is -0.396 e. The SMILES string of the molecule is CNCC(CO)c1ccc(Cl)c(Cl)c1. The van der Waals surface area contributed by atoms with Crippen molar-refractivity contribution >= 4 is 23.2 Å². The highest BCUT2D eigenvalue weighted by Gasteiger charge is 2.10. The second-order valence-corrected chi connectivity index (χ2v) is 3.93. The van der Waals surface area contributed by atoms with Gasteiger partial charge in [-0.25, -0.2) is 0 Å². The summed E-state index contributed by atoms with van der Waals surface area (Å²) in [5.74, 6) is 0.0646. The lowest BCUT2D eigenvalue weighted by Gasteiger charge is -2.14. The summed E-state index contributed by atoms with van der Waals surface area (Å²) in [5.41, 5.74) is 0.997. The molecule has 78 valence electrons. The molecule has 4 heteroatoms. The molecule has 0 saturated heterocycles. The van der Waals surface area contributed by atoms with Crippen LogP contribution in [0.3, 0.4) is 0 Å². The molecule has 0 bridgehead atoms. The van der Waals surface area contributed by atoms with E-state index in [4.69, 9.17) is 28.3 Å². The van der Waals surface area contributed by atoms with Gasteiger partial charge in [0, 0.05) is 12.5 Å². The van der Waals surface area contributed by atoms with Crippen LogP contribution in [-0.4, -0.2) is 25.3 Å². The van der Waals surface area contributed by atoms with Gasteiger partial charge in [-0.15, -0.1) is 0 Å². The number of hydrogen-bond donors (Lipinski definition) is 2. The van der Waals surface area contributed by atoms with E-state index in [0.29, 0.717) is 16.6 Å². The maximum Gasteiger partial charge on any atom is 0.0595 e. The Balaban J connectivity index is 2.88. The molecule has 0 saturated carbocycles. The van der Waals surface area contributed by atoms with Crippen molar-refractivity contribution in [1.82, 2.24) is 5.32 Å². The minimum absolute atomic E-state index is 0.0646. The fraction of sp³-hybridized carbons (Fsp3) is 0.400. The van der Waals surface area contributed by atoms with Crippen molar-refractivity contribution in [2.45, 2.75) is 5.92 Å². The number of hydrogen-bond acceptors (Lipinski definition) is 2. The Morgan fingerprint density at radius 2 is 2.07 bits per heavy atom. The summed E-state index contributed by atoms with van der Waals surface area (Å²) in [4.78, 5) is 0. The first-order valence-electron chi connectivity index (χ1n) is 4.39. The van der Waals surface area contributed by atoms with E-state index in [1.165, 1.54) is 0 Å². The Morgan fingerprint density at radius 3 is 2.57 bits per heavy atom. The summed E-state index contributed by atoms with van der Waals surface area (Å²) in [6.07, 6.45) is 0. The second-order valence-electron chi connectivity index (χ2n) is 3.11. The van der Waals surface area contributed by atoms with Gasteiger partial charge in [0.2, 0.25) is 0 Å². The van der Waals surface area contributed by atoms with Crippen LogP contribution >= 0.6 is 23.2 Å². The lowest BCUT2D eigenvalue weighted by Crippen LogP contribution is -2.19. The second kappa shape index (κ2) is 5.56. The minimum atomic E-state index is 0.0646. The molecule has 1 unspecified atom stereocenters. The van der Waals surface area contributed by atoms with E-state index in [9.17, 15) is 0 Å². The van der Waals surface area contributed by atoms with Crippen molar-refractivity contribution in [3.05, 3.63) is 33.8 Å². The lowest BCUT2D eigenvalue weighted by atomic mass is 10.0. The molecule has 0 aromatic heterocycles. The zero-order valence-electron chi connectivity index (χ0n) is 7.93. The molecule has 2 nitrogen and oxygen atoms in total. The highest BCUT2D eigenvalue weighted by Crippen LogP contribution is 2.26. The number of rotatable bonds is 4. The number of benzene rings is 1. The van der Waals surface area contributed by atoms with E-state index in [-0.39, 0.29) is 12.5 Å². The van der Waals surface area contributed by atoms with Gasteiger partial charge in [0.05, 0.1) is 16.7 Å². The smallest absolute Gasteiger partial charge is 0.0595 e. The molecule has 0 aliphatic heterocycles. The highest BCUT2D eigenvalue weighted by molar-refractivity contribution is 6.42. The third kappa shape index (κ3) is 2.85. The Hall–Kier alpha value is -0.280. The largest absolute Gasteiger partial charge is 0.396 e. The molecule has 1 rings (SSSR count). The first kappa shape index (κ1) is 11.8. The molecule has 0 aliphatic rings. The van der Waals surface area contributed by atoms with Gasteiger partial charge in [0.25, 0.3) is 0 Å². The number of aliphatic hydroxyl groups is 1. The van der Waals surface area contributed by atoms with Gasteiger partial charge >= 0.3 is 0 Å².